The van der Waals surface area contributed by atoms with Crippen LogP contribution in [0.5, 0.6) is 0 Å². The summed E-state index contributed by atoms with van der Waals surface area (Å²) in [6, 6.07) is 10.5. The van der Waals surface area contributed by atoms with Gasteiger partial charge in [-0.15, -0.1) is 0 Å². The number of nitrogens with two attached hydrogens (primary N) is 1. The first-order chi connectivity index (χ1) is 13.0. The number of aryl methyl sites for hydroxylation is 2. The van der Waals surface area contributed by atoms with Crippen molar-refractivity contribution in [2.75, 3.05) is 0 Å². The molecular weight excluding hydrogens is 338 g/mol. The minimum absolute atomic E-state index is 0.446. The number of nitrogens with zero attached hydrogens (tertiary/aromatic N) is 1. The zero-order valence-corrected chi connectivity index (χ0v) is 15.4. The average Bonchev–Trinajstić information content (AvgIpc) is 3.28. The summed E-state index contributed by atoms with van der Waals surface area (Å²) < 4.78 is 5.32. The molecule has 0 aliphatic heterocycles. The number of rotatable bonds is 4. The van der Waals surface area contributed by atoms with E-state index in [4.69, 9.17) is 10.3 Å². The van der Waals surface area contributed by atoms with Gasteiger partial charge in [0.25, 0.3) is 5.91 Å². The summed E-state index contributed by atoms with van der Waals surface area (Å²) in [4.78, 5) is 15.6. The second-order valence-corrected chi connectivity index (χ2v) is 7.66. The number of hydrogen-bond donors (Lipinski definition) is 2. The maximum Gasteiger partial charge on any atom is 0.250 e. The molecule has 1 amide bonds. The van der Waals surface area contributed by atoms with E-state index in [1.165, 1.54) is 18.4 Å². The fourth-order valence-electron chi connectivity index (χ4n) is 4.07. The van der Waals surface area contributed by atoms with Crippen molar-refractivity contribution < 1.29 is 9.32 Å². The molecule has 1 aliphatic rings. The third-order valence-corrected chi connectivity index (χ3v) is 5.58. The van der Waals surface area contributed by atoms with Gasteiger partial charge < -0.3 is 15.2 Å². The molecule has 2 aromatic carbocycles. The van der Waals surface area contributed by atoms with Gasteiger partial charge in [0.1, 0.15) is 5.76 Å². The Balaban J connectivity index is 1.77. The van der Waals surface area contributed by atoms with Crippen molar-refractivity contribution in [2.24, 2.45) is 11.7 Å². The van der Waals surface area contributed by atoms with Crippen molar-refractivity contribution in [1.29, 1.82) is 0 Å². The molecule has 4 aromatic rings. The van der Waals surface area contributed by atoms with E-state index in [1.54, 1.807) is 0 Å². The molecule has 2 aromatic heterocycles. The van der Waals surface area contributed by atoms with Gasteiger partial charge in [-0.2, -0.15) is 0 Å². The number of carbonyl (C=O) groups is 1. The van der Waals surface area contributed by atoms with E-state index in [1.807, 2.05) is 19.9 Å². The fraction of sp³-hybridized carbons (Fsp3) is 0.273. The number of hydrogen-bond acceptors (Lipinski definition) is 3. The van der Waals surface area contributed by atoms with E-state index >= 15 is 0 Å². The number of benzene rings is 2. The van der Waals surface area contributed by atoms with E-state index in [0.29, 0.717) is 5.56 Å². The van der Waals surface area contributed by atoms with Crippen LogP contribution in [0.15, 0.2) is 34.9 Å². The number of aromatic nitrogens is 2. The van der Waals surface area contributed by atoms with Gasteiger partial charge in [-0.1, -0.05) is 17.3 Å². The van der Waals surface area contributed by atoms with Gasteiger partial charge >= 0.3 is 0 Å². The average molecular weight is 359 g/mol. The van der Waals surface area contributed by atoms with Crippen molar-refractivity contribution in [1.82, 2.24) is 10.1 Å². The van der Waals surface area contributed by atoms with Crippen molar-refractivity contribution in [3.05, 3.63) is 52.9 Å². The standard InChI is InChI=1S/C22H21N3O2/c1-11-20(12(2)27-25-11)15-9-17-16-6-5-14(7-13-3-4-13)8-19(16)24-21(17)18(10-15)22(23)26/h5-6,8-10,13,24H,3-4,7H2,1-2H3,(H2,23,26). The van der Waals surface area contributed by atoms with Gasteiger partial charge in [0.05, 0.1) is 16.8 Å². The molecule has 3 N–H and O–H groups in total. The molecule has 136 valence electrons. The Morgan fingerprint density at radius 2 is 2.04 bits per heavy atom. The number of carbonyl (C=O) groups excluding carboxylic acids is 1. The van der Waals surface area contributed by atoms with E-state index in [2.05, 4.69) is 34.4 Å². The van der Waals surface area contributed by atoms with Crippen LogP contribution in [0.2, 0.25) is 0 Å². The van der Waals surface area contributed by atoms with Crippen LogP contribution in [0.25, 0.3) is 32.9 Å². The molecule has 0 bridgehead atoms. The zero-order chi connectivity index (χ0) is 18.7. The smallest absolute Gasteiger partial charge is 0.250 e. The zero-order valence-electron chi connectivity index (χ0n) is 15.4. The van der Waals surface area contributed by atoms with Crippen LogP contribution in [0.1, 0.15) is 40.2 Å². The lowest BCUT2D eigenvalue weighted by Gasteiger charge is -2.05. The Labute approximate surface area is 156 Å². The highest BCUT2D eigenvalue weighted by molar-refractivity contribution is 6.16. The highest BCUT2D eigenvalue weighted by Gasteiger charge is 2.22. The van der Waals surface area contributed by atoms with Gasteiger partial charge in [-0.05, 0) is 68.4 Å². The van der Waals surface area contributed by atoms with Crippen LogP contribution < -0.4 is 5.73 Å². The van der Waals surface area contributed by atoms with E-state index in [0.717, 1.165) is 56.7 Å². The van der Waals surface area contributed by atoms with E-state index in [-0.39, 0.29) is 0 Å². The lowest BCUT2D eigenvalue weighted by molar-refractivity contribution is 0.100. The van der Waals surface area contributed by atoms with Crippen LogP contribution in [-0.2, 0) is 6.42 Å². The van der Waals surface area contributed by atoms with E-state index in [9.17, 15) is 4.79 Å². The monoisotopic (exact) mass is 359 g/mol. The number of H-pyrrole nitrogens is 1. The quantitative estimate of drug-likeness (QED) is 0.556. The molecule has 0 atom stereocenters. The van der Waals surface area contributed by atoms with Crippen LogP contribution in [0.4, 0.5) is 0 Å². The van der Waals surface area contributed by atoms with Crippen molar-refractivity contribution in [3.8, 4) is 11.1 Å². The molecule has 27 heavy (non-hydrogen) atoms. The second kappa shape index (κ2) is 5.71. The summed E-state index contributed by atoms with van der Waals surface area (Å²) in [5.41, 5.74) is 12.0. The van der Waals surface area contributed by atoms with Crippen LogP contribution in [0.3, 0.4) is 0 Å². The summed E-state index contributed by atoms with van der Waals surface area (Å²) in [5.74, 6) is 1.12. The van der Waals surface area contributed by atoms with Crippen LogP contribution >= 0.6 is 0 Å². The molecule has 1 aliphatic carbocycles. The molecule has 0 radical (unpaired) electrons. The van der Waals surface area contributed by atoms with Gasteiger partial charge in [-0.3, -0.25) is 4.79 Å². The lowest BCUT2D eigenvalue weighted by atomic mass is 9.97. The molecule has 5 nitrogen and oxygen atoms in total. The van der Waals surface area contributed by atoms with Gasteiger partial charge in [0.15, 0.2) is 0 Å². The molecule has 5 rings (SSSR count). The molecule has 2 heterocycles. The normalized spacial score (nSPS) is 14.3. The topological polar surface area (TPSA) is 84.9 Å². The fourth-order valence-corrected chi connectivity index (χ4v) is 4.07. The number of fused-ring (bicyclic) bond motifs is 3. The Morgan fingerprint density at radius 3 is 2.70 bits per heavy atom. The van der Waals surface area contributed by atoms with Crippen molar-refractivity contribution in [2.45, 2.75) is 33.1 Å². The van der Waals surface area contributed by atoms with Gasteiger partial charge in [0, 0.05) is 21.9 Å². The number of primary amides is 1. The Hall–Kier alpha value is -3.08. The number of aromatic amines is 1. The van der Waals surface area contributed by atoms with E-state index < -0.39 is 5.91 Å². The predicted molar refractivity (Wildman–Crippen MR) is 106 cm³/mol. The number of nitrogens with one attached hydrogen (secondary N) is 1. The molecule has 0 unspecified atom stereocenters. The largest absolute Gasteiger partial charge is 0.366 e. The van der Waals surface area contributed by atoms with Gasteiger partial charge in [0.2, 0.25) is 0 Å². The summed E-state index contributed by atoms with van der Waals surface area (Å²) >= 11 is 0. The highest BCUT2D eigenvalue weighted by atomic mass is 16.5. The molecule has 1 saturated carbocycles. The molecular formula is C22H21N3O2. The van der Waals surface area contributed by atoms with Crippen molar-refractivity contribution >= 4 is 27.7 Å². The second-order valence-electron chi connectivity index (χ2n) is 7.66. The summed E-state index contributed by atoms with van der Waals surface area (Å²) in [6.07, 6.45) is 3.78. The Kier molecular flexibility index (Phi) is 3.41. The maximum absolute atomic E-state index is 12.2. The highest BCUT2D eigenvalue weighted by Crippen LogP contribution is 2.37. The van der Waals surface area contributed by atoms with Crippen molar-refractivity contribution in [3.63, 3.8) is 0 Å². The van der Waals surface area contributed by atoms with Crippen LogP contribution in [-0.4, -0.2) is 16.0 Å². The molecule has 1 fully saturated rings. The van der Waals surface area contributed by atoms with Gasteiger partial charge in [-0.25, -0.2) is 0 Å². The first-order valence-electron chi connectivity index (χ1n) is 9.32. The van der Waals surface area contributed by atoms with Crippen LogP contribution in [0, 0.1) is 19.8 Å². The first kappa shape index (κ1) is 16.1. The maximum atomic E-state index is 12.2. The first-order valence-corrected chi connectivity index (χ1v) is 9.32. The number of amides is 1. The third kappa shape index (κ3) is 2.62. The Bertz CT molecular complexity index is 1190. The predicted octanol–water partition coefficient (Wildman–Crippen LogP) is 4.64. The third-order valence-electron chi connectivity index (χ3n) is 5.58. The molecule has 5 heteroatoms. The molecule has 0 spiro atoms. The molecule has 0 saturated heterocycles. The summed E-state index contributed by atoms with van der Waals surface area (Å²) in [7, 11) is 0. The summed E-state index contributed by atoms with van der Waals surface area (Å²) in [6.45, 7) is 3.78. The Morgan fingerprint density at radius 1 is 1.22 bits per heavy atom. The minimum Gasteiger partial charge on any atom is -0.366 e. The lowest BCUT2D eigenvalue weighted by Crippen LogP contribution is -2.11. The SMILES string of the molecule is Cc1noc(C)c1-c1cc(C(N)=O)c2[nH]c3cc(CC4CC4)ccc3c2c1. The minimum atomic E-state index is -0.446. The summed E-state index contributed by atoms with van der Waals surface area (Å²) in [5, 5.41) is 6.14.